The molecule has 74 valence electrons. The molecule has 1 rings (SSSR count). The summed E-state index contributed by atoms with van der Waals surface area (Å²) in [7, 11) is 0. The Balaban J connectivity index is 2.41. The van der Waals surface area contributed by atoms with Gasteiger partial charge in [0.1, 0.15) is 0 Å². The average molecular weight is 185 g/mol. The number of hydrogen-bond acceptors (Lipinski definition) is 2. The van der Waals surface area contributed by atoms with E-state index in [1.165, 1.54) is 0 Å². The first kappa shape index (κ1) is 10.0. The number of carboxylic acids is 1. The van der Waals surface area contributed by atoms with Gasteiger partial charge in [0.05, 0.1) is 0 Å². The summed E-state index contributed by atoms with van der Waals surface area (Å²) in [5, 5.41) is 8.50. The minimum atomic E-state index is -0.782. The normalized spacial score (nSPS) is 22.4. The first-order valence-electron chi connectivity index (χ1n) is 4.66. The molecule has 13 heavy (non-hydrogen) atoms. The summed E-state index contributed by atoms with van der Waals surface area (Å²) in [4.78, 5) is 23.3. The Morgan fingerprint density at radius 1 is 1.69 bits per heavy atom. The van der Waals surface area contributed by atoms with E-state index in [1.54, 1.807) is 4.90 Å². The van der Waals surface area contributed by atoms with Crippen LogP contribution in [-0.4, -0.2) is 34.5 Å². The monoisotopic (exact) mass is 185 g/mol. The van der Waals surface area contributed by atoms with Crippen LogP contribution in [0.2, 0.25) is 0 Å². The zero-order valence-corrected chi connectivity index (χ0v) is 7.82. The maximum absolute atomic E-state index is 11.2. The number of rotatable bonds is 4. The van der Waals surface area contributed by atoms with Crippen molar-refractivity contribution in [2.75, 3.05) is 6.54 Å². The smallest absolute Gasteiger partial charge is 0.303 e. The lowest BCUT2D eigenvalue weighted by atomic mass is 10.1. The van der Waals surface area contributed by atoms with Gasteiger partial charge in [-0.15, -0.1) is 0 Å². The van der Waals surface area contributed by atoms with Crippen molar-refractivity contribution in [1.29, 1.82) is 0 Å². The number of carbonyl (C=O) groups is 2. The Bertz CT molecular complexity index is 215. The van der Waals surface area contributed by atoms with E-state index in [2.05, 4.69) is 0 Å². The Labute approximate surface area is 77.5 Å². The first-order valence-corrected chi connectivity index (χ1v) is 4.66. The van der Waals surface area contributed by atoms with Crippen molar-refractivity contribution in [2.24, 2.45) is 0 Å². The fourth-order valence-electron chi connectivity index (χ4n) is 1.82. The highest BCUT2D eigenvalue weighted by atomic mass is 16.4. The van der Waals surface area contributed by atoms with Crippen molar-refractivity contribution in [3.63, 3.8) is 0 Å². The summed E-state index contributed by atoms with van der Waals surface area (Å²) in [5.74, 6) is -0.617. The van der Waals surface area contributed by atoms with Crippen molar-refractivity contribution in [2.45, 2.75) is 38.6 Å². The van der Waals surface area contributed by atoms with Gasteiger partial charge in [0, 0.05) is 25.4 Å². The summed E-state index contributed by atoms with van der Waals surface area (Å²) < 4.78 is 0. The molecule has 0 bridgehead atoms. The molecular formula is C9H15NO3. The SMILES string of the molecule is CCN1C(=O)CC[C@@H]1CCC(=O)O. The predicted molar refractivity (Wildman–Crippen MR) is 47.3 cm³/mol. The number of likely N-dealkylation sites (tertiary alicyclic amines) is 1. The van der Waals surface area contributed by atoms with Crippen molar-refractivity contribution in [3.8, 4) is 0 Å². The molecule has 4 heteroatoms. The second kappa shape index (κ2) is 4.25. The zero-order valence-electron chi connectivity index (χ0n) is 7.82. The van der Waals surface area contributed by atoms with E-state index in [9.17, 15) is 9.59 Å². The highest BCUT2D eigenvalue weighted by Gasteiger charge is 2.29. The third kappa shape index (κ3) is 2.44. The quantitative estimate of drug-likeness (QED) is 0.706. The summed E-state index contributed by atoms with van der Waals surface area (Å²) >= 11 is 0. The van der Waals surface area contributed by atoms with E-state index < -0.39 is 5.97 Å². The zero-order chi connectivity index (χ0) is 9.84. The standard InChI is InChI=1S/C9H15NO3/c1-2-10-7(3-5-8(10)11)4-6-9(12)13/h7H,2-6H2,1H3,(H,12,13)/t7-/m1/s1. The molecule has 0 aromatic heterocycles. The first-order chi connectivity index (χ1) is 6.15. The lowest BCUT2D eigenvalue weighted by molar-refractivity contribution is -0.138. The van der Waals surface area contributed by atoms with Crippen LogP contribution in [0.25, 0.3) is 0 Å². The fraction of sp³-hybridized carbons (Fsp3) is 0.778. The largest absolute Gasteiger partial charge is 0.481 e. The highest BCUT2D eigenvalue weighted by molar-refractivity contribution is 5.78. The lowest BCUT2D eigenvalue weighted by Crippen LogP contribution is -2.32. The molecule has 0 aromatic carbocycles. The van der Waals surface area contributed by atoms with Gasteiger partial charge in [0.15, 0.2) is 0 Å². The van der Waals surface area contributed by atoms with Crippen LogP contribution in [-0.2, 0) is 9.59 Å². The Kier molecular flexibility index (Phi) is 3.28. The number of carboxylic acid groups (broad SMARTS) is 1. The summed E-state index contributed by atoms with van der Waals surface area (Å²) in [5.41, 5.74) is 0. The summed E-state index contributed by atoms with van der Waals surface area (Å²) in [6, 6.07) is 0.161. The molecule has 0 spiro atoms. The van der Waals surface area contributed by atoms with Crippen molar-refractivity contribution >= 4 is 11.9 Å². The van der Waals surface area contributed by atoms with Crippen molar-refractivity contribution in [3.05, 3.63) is 0 Å². The third-order valence-electron chi connectivity index (χ3n) is 2.48. The van der Waals surface area contributed by atoms with E-state index in [-0.39, 0.29) is 18.4 Å². The molecule has 0 radical (unpaired) electrons. The van der Waals surface area contributed by atoms with E-state index in [0.29, 0.717) is 19.4 Å². The number of amides is 1. The molecular weight excluding hydrogens is 170 g/mol. The molecule has 1 aliphatic rings. The van der Waals surface area contributed by atoms with Crippen molar-refractivity contribution < 1.29 is 14.7 Å². The van der Waals surface area contributed by atoms with Crippen molar-refractivity contribution in [1.82, 2.24) is 4.90 Å². The number of nitrogens with zero attached hydrogens (tertiary/aromatic N) is 1. The van der Waals surface area contributed by atoms with E-state index in [1.807, 2.05) is 6.92 Å². The van der Waals surface area contributed by atoms with Crippen LogP contribution < -0.4 is 0 Å². The molecule has 1 N–H and O–H groups in total. The third-order valence-corrected chi connectivity index (χ3v) is 2.48. The van der Waals surface area contributed by atoms with Gasteiger partial charge in [0.25, 0.3) is 0 Å². The minimum Gasteiger partial charge on any atom is -0.481 e. The van der Waals surface area contributed by atoms with E-state index in [4.69, 9.17) is 5.11 Å². The molecule has 0 unspecified atom stereocenters. The molecule has 1 saturated heterocycles. The number of hydrogen-bond donors (Lipinski definition) is 1. The van der Waals surface area contributed by atoms with Crippen LogP contribution in [0, 0.1) is 0 Å². The summed E-state index contributed by atoms with van der Waals surface area (Å²) in [6.07, 6.45) is 2.15. The van der Waals surface area contributed by atoms with Gasteiger partial charge in [-0.05, 0) is 19.8 Å². The minimum absolute atomic E-state index is 0.161. The van der Waals surface area contributed by atoms with Gasteiger partial charge in [0.2, 0.25) is 5.91 Å². The van der Waals surface area contributed by atoms with Gasteiger partial charge in [-0.2, -0.15) is 0 Å². The van der Waals surface area contributed by atoms with Gasteiger partial charge < -0.3 is 10.0 Å². The maximum Gasteiger partial charge on any atom is 0.303 e. The van der Waals surface area contributed by atoms with Gasteiger partial charge >= 0.3 is 5.97 Å². The molecule has 1 atom stereocenters. The van der Waals surface area contributed by atoms with Crippen LogP contribution in [0.15, 0.2) is 0 Å². The Morgan fingerprint density at radius 2 is 2.38 bits per heavy atom. The number of carbonyl (C=O) groups excluding carboxylic acids is 1. The van der Waals surface area contributed by atoms with Crippen LogP contribution in [0.5, 0.6) is 0 Å². The Hall–Kier alpha value is -1.06. The van der Waals surface area contributed by atoms with E-state index >= 15 is 0 Å². The predicted octanol–water partition coefficient (Wildman–Crippen LogP) is 0.862. The van der Waals surface area contributed by atoms with Gasteiger partial charge in [-0.1, -0.05) is 0 Å². The molecule has 4 nitrogen and oxygen atoms in total. The Morgan fingerprint density at radius 3 is 2.92 bits per heavy atom. The number of aliphatic carboxylic acids is 1. The van der Waals surface area contributed by atoms with Crippen LogP contribution in [0.3, 0.4) is 0 Å². The van der Waals surface area contributed by atoms with Crippen LogP contribution in [0.4, 0.5) is 0 Å². The lowest BCUT2D eigenvalue weighted by Gasteiger charge is -2.22. The molecule has 1 heterocycles. The van der Waals surface area contributed by atoms with Gasteiger partial charge in [-0.25, -0.2) is 0 Å². The molecule has 1 aliphatic heterocycles. The van der Waals surface area contributed by atoms with Crippen LogP contribution in [0.1, 0.15) is 32.6 Å². The molecule has 1 fully saturated rings. The fourth-order valence-corrected chi connectivity index (χ4v) is 1.82. The molecule has 0 aromatic rings. The molecule has 0 saturated carbocycles. The van der Waals surface area contributed by atoms with E-state index in [0.717, 1.165) is 6.42 Å². The topological polar surface area (TPSA) is 57.6 Å². The molecule has 0 aliphatic carbocycles. The summed E-state index contributed by atoms with van der Waals surface area (Å²) in [6.45, 7) is 2.63. The second-order valence-corrected chi connectivity index (χ2v) is 3.30. The highest BCUT2D eigenvalue weighted by Crippen LogP contribution is 2.21. The molecule has 1 amide bonds. The average Bonchev–Trinajstić information content (AvgIpc) is 2.42. The van der Waals surface area contributed by atoms with Crippen LogP contribution >= 0.6 is 0 Å². The van der Waals surface area contributed by atoms with Gasteiger partial charge in [-0.3, -0.25) is 9.59 Å². The maximum atomic E-state index is 11.2. The second-order valence-electron chi connectivity index (χ2n) is 3.30.